The molecule has 15 aromatic rings. The lowest BCUT2D eigenvalue weighted by atomic mass is 9.84. The van der Waals surface area contributed by atoms with Gasteiger partial charge in [0.05, 0.1) is 44.1 Å². The second-order valence-electron chi connectivity index (χ2n) is 21.2. The Morgan fingerprint density at radius 1 is 0.373 bits per heavy atom. The van der Waals surface area contributed by atoms with Gasteiger partial charge >= 0.3 is 0 Å². The lowest BCUT2D eigenvalue weighted by Crippen LogP contribution is -2.11. The van der Waals surface area contributed by atoms with Crippen molar-refractivity contribution < 1.29 is 0 Å². The molecule has 67 heavy (non-hydrogen) atoms. The Balaban J connectivity index is 1.13. The molecule has 0 aliphatic heterocycles. The monoisotopic (exact) mass is 858 g/mol. The Bertz CT molecular complexity index is 4620. The Labute approximate surface area is 386 Å². The molecule has 0 aliphatic carbocycles. The second-order valence-corrected chi connectivity index (χ2v) is 21.2. The zero-order valence-electron chi connectivity index (χ0n) is 38.5. The van der Waals surface area contributed by atoms with E-state index in [4.69, 9.17) is 4.98 Å². The average Bonchev–Trinajstić information content (AvgIpc) is 4.12. The van der Waals surface area contributed by atoms with E-state index in [2.05, 4.69) is 225 Å². The van der Waals surface area contributed by atoms with E-state index < -0.39 is 0 Å². The van der Waals surface area contributed by atoms with Gasteiger partial charge in [0.2, 0.25) is 0 Å². The minimum atomic E-state index is -0.0456. The van der Waals surface area contributed by atoms with E-state index >= 15 is 0 Å². The van der Waals surface area contributed by atoms with Crippen molar-refractivity contribution in [2.24, 2.45) is 0 Å². The van der Waals surface area contributed by atoms with Gasteiger partial charge in [0.1, 0.15) is 5.65 Å². The highest BCUT2D eigenvalue weighted by molar-refractivity contribution is 6.36. The van der Waals surface area contributed by atoms with Crippen LogP contribution in [-0.2, 0) is 10.8 Å². The highest BCUT2D eigenvalue weighted by Gasteiger charge is 2.29. The molecule has 6 heterocycles. The smallest absolute Gasteiger partial charge is 0.146 e. The molecule has 0 saturated heterocycles. The lowest BCUT2D eigenvalue weighted by Gasteiger charge is -2.20. The molecule has 0 aliphatic rings. The number of benzene rings is 9. The first-order valence-corrected chi connectivity index (χ1v) is 23.7. The number of rotatable bonds is 2. The molecule has 4 nitrogen and oxygen atoms in total. The molecule has 0 bridgehead atoms. The number of fused-ring (bicyclic) bond motifs is 19. The quantitative estimate of drug-likeness (QED) is 0.170. The van der Waals surface area contributed by atoms with Crippen LogP contribution in [-0.4, -0.2) is 18.4 Å². The van der Waals surface area contributed by atoms with E-state index in [9.17, 15) is 0 Å². The van der Waals surface area contributed by atoms with Crippen molar-refractivity contribution in [2.45, 2.75) is 52.4 Å². The summed E-state index contributed by atoms with van der Waals surface area (Å²) in [7, 11) is 0. The number of aromatic nitrogens is 4. The third-order valence-electron chi connectivity index (χ3n) is 15.3. The first-order chi connectivity index (χ1) is 32.5. The van der Waals surface area contributed by atoms with Gasteiger partial charge in [0.25, 0.3) is 0 Å². The van der Waals surface area contributed by atoms with Crippen LogP contribution >= 0.6 is 0 Å². The van der Waals surface area contributed by atoms with Gasteiger partial charge in [0, 0.05) is 59.7 Å². The number of para-hydroxylation sites is 2. The molecule has 0 unspecified atom stereocenters. The van der Waals surface area contributed by atoms with Crippen LogP contribution in [0.4, 0.5) is 0 Å². The van der Waals surface area contributed by atoms with E-state index in [1.54, 1.807) is 0 Å². The van der Waals surface area contributed by atoms with Gasteiger partial charge in [-0.2, -0.15) is 0 Å². The van der Waals surface area contributed by atoms with Crippen molar-refractivity contribution in [1.82, 2.24) is 18.4 Å². The van der Waals surface area contributed by atoms with E-state index in [0.29, 0.717) is 0 Å². The lowest BCUT2D eigenvalue weighted by molar-refractivity contribution is 0.590. The van der Waals surface area contributed by atoms with Crippen molar-refractivity contribution in [2.75, 3.05) is 0 Å². The first kappa shape index (κ1) is 37.3. The van der Waals surface area contributed by atoms with Crippen LogP contribution < -0.4 is 0 Å². The maximum absolute atomic E-state index is 5.94. The Kier molecular flexibility index (Phi) is 6.94. The number of hydrogen-bond acceptors (Lipinski definition) is 1. The van der Waals surface area contributed by atoms with E-state index in [1.165, 1.54) is 125 Å². The second kappa shape index (κ2) is 12.5. The van der Waals surface area contributed by atoms with Crippen LogP contribution in [0, 0.1) is 0 Å². The van der Waals surface area contributed by atoms with Gasteiger partial charge in [-0.1, -0.05) is 139 Å². The van der Waals surface area contributed by atoms with E-state index in [0.717, 1.165) is 22.4 Å². The molecule has 0 saturated carbocycles. The van der Waals surface area contributed by atoms with E-state index in [-0.39, 0.29) is 10.8 Å². The number of nitrogens with zero attached hydrogens (tertiary/aromatic N) is 4. The minimum absolute atomic E-state index is 0.0289. The topological polar surface area (TPSA) is 26.6 Å². The molecule has 0 amide bonds. The van der Waals surface area contributed by atoms with Crippen molar-refractivity contribution >= 4 is 120 Å². The molecule has 0 N–H and O–H groups in total. The number of hydrogen-bond donors (Lipinski definition) is 0. The predicted molar refractivity (Wildman–Crippen MR) is 286 cm³/mol. The fourth-order valence-electron chi connectivity index (χ4n) is 12.1. The van der Waals surface area contributed by atoms with Crippen molar-refractivity contribution in [1.29, 1.82) is 0 Å². The van der Waals surface area contributed by atoms with Gasteiger partial charge in [-0.25, -0.2) is 4.98 Å². The molecule has 15 rings (SSSR count). The molecule has 4 heteroatoms. The molecule has 9 aromatic carbocycles. The normalized spacial score (nSPS) is 13.2. The zero-order valence-corrected chi connectivity index (χ0v) is 38.5. The summed E-state index contributed by atoms with van der Waals surface area (Å²) in [5.41, 5.74) is 16.8. The summed E-state index contributed by atoms with van der Waals surface area (Å²) in [6.07, 6.45) is 0. The van der Waals surface area contributed by atoms with Crippen LogP contribution in [0.25, 0.3) is 137 Å². The third-order valence-corrected chi connectivity index (χ3v) is 15.3. The van der Waals surface area contributed by atoms with Crippen molar-refractivity contribution in [3.05, 3.63) is 181 Å². The van der Waals surface area contributed by atoms with Gasteiger partial charge in [0.15, 0.2) is 0 Å². The summed E-state index contributed by atoms with van der Waals surface area (Å²) < 4.78 is 7.48. The summed E-state index contributed by atoms with van der Waals surface area (Å²) in [5.74, 6) is 0. The highest BCUT2D eigenvalue weighted by Crippen LogP contribution is 2.50. The summed E-state index contributed by atoms with van der Waals surface area (Å²) in [6, 6.07) is 64.1. The highest BCUT2D eigenvalue weighted by atomic mass is 15.0. The van der Waals surface area contributed by atoms with Gasteiger partial charge in [-0.05, 0) is 122 Å². The average molecular weight is 859 g/mol. The molecule has 318 valence electrons. The van der Waals surface area contributed by atoms with Crippen LogP contribution in [0.5, 0.6) is 0 Å². The predicted octanol–water partition coefficient (Wildman–Crippen LogP) is 17.0. The maximum Gasteiger partial charge on any atom is 0.146 e. The summed E-state index contributed by atoms with van der Waals surface area (Å²) in [6.45, 7) is 13.9. The summed E-state index contributed by atoms with van der Waals surface area (Å²) in [5, 5.41) is 16.3. The van der Waals surface area contributed by atoms with Crippen LogP contribution in [0.1, 0.15) is 52.7 Å². The maximum atomic E-state index is 5.94. The zero-order chi connectivity index (χ0) is 44.8. The fourth-order valence-corrected chi connectivity index (χ4v) is 12.1. The number of pyridine rings is 1. The SMILES string of the molecule is CC(C)(C)c1ccc2c(c1)c1cc(C(C)(C)C)cc3c4cc5c(nc4n2c13)c1c2ccccc2cc2c3c4ccccc4cc(-c4ccc6c(c4)c4ccccc4n6-c4ccccc4)c3n5c21. The fraction of sp³-hybridized carbons (Fsp3) is 0.127. The third kappa shape index (κ3) is 4.79. The van der Waals surface area contributed by atoms with Crippen molar-refractivity contribution in [3.8, 4) is 16.8 Å². The van der Waals surface area contributed by atoms with Gasteiger partial charge in [-0.15, -0.1) is 0 Å². The molecular formula is C63H46N4. The van der Waals surface area contributed by atoms with Crippen molar-refractivity contribution in [3.63, 3.8) is 0 Å². The summed E-state index contributed by atoms with van der Waals surface area (Å²) >= 11 is 0. The standard InChI is InChI=1S/C63H46N4/c1-62(2,3)38-25-27-53-46(31-38)47-32-39(63(4,5)6)33-48-49-34-54-57(64-61(49)67(53)58(47)48)56-42-21-13-11-17-36(42)30-50-55-41-20-12-10-16-35(41)28-44(59(55)66(54)60(50)56)37-24-26-52-45(29-37)43-22-14-15-23-51(43)65(52)40-18-8-7-9-19-40/h7-34H,1-6H3. The van der Waals surface area contributed by atoms with Crippen LogP contribution in [0.2, 0.25) is 0 Å². The molecule has 0 fully saturated rings. The molecular weight excluding hydrogens is 813 g/mol. The van der Waals surface area contributed by atoms with Gasteiger partial charge < -0.3 is 8.97 Å². The molecule has 6 aromatic heterocycles. The molecule has 0 radical (unpaired) electrons. The first-order valence-electron chi connectivity index (χ1n) is 23.7. The largest absolute Gasteiger partial charge is 0.309 e. The Hall–Kier alpha value is -7.95. The van der Waals surface area contributed by atoms with Crippen LogP contribution in [0.15, 0.2) is 170 Å². The molecule has 0 spiro atoms. The molecule has 0 atom stereocenters. The van der Waals surface area contributed by atoms with E-state index in [1.807, 2.05) is 0 Å². The summed E-state index contributed by atoms with van der Waals surface area (Å²) in [4.78, 5) is 5.94. The minimum Gasteiger partial charge on any atom is -0.309 e. The Morgan fingerprint density at radius 2 is 0.985 bits per heavy atom. The Morgan fingerprint density at radius 3 is 1.75 bits per heavy atom. The van der Waals surface area contributed by atoms with Crippen LogP contribution in [0.3, 0.4) is 0 Å². The van der Waals surface area contributed by atoms with Gasteiger partial charge in [-0.3, -0.25) is 4.40 Å².